The molecule has 2 aromatic rings. The zero-order valence-electron chi connectivity index (χ0n) is 16.3. The Morgan fingerprint density at radius 3 is 2.54 bits per heavy atom. The number of benzene rings is 2. The second-order valence-corrected chi connectivity index (χ2v) is 7.81. The van der Waals surface area contributed by atoms with Crippen molar-refractivity contribution < 1.29 is 24.2 Å². The lowest BCUT2D eigenvalue weighted by Gasteiger charge is -2.23. The number of nitrogens with one attached hydrogen (secondary N) is 1. The maximum Gasteiger partial charge on any atom is 0.408 e. The number of hydrogen-bond donors (Lipinski definition) is 2. The minimum atomic E-state index is -1.17. The van der Waals surface area contributed by atoms with Gasteiger partial charge in [0.25, 0.3) is 0 Å². The highest BCUT2D eigenvalue weighted by molar-refractivity contribution is 5.80. The average molecular weight is 383 g/mol. The second-order valence-electron chi connectivity index (χ2n) is 7.81. The van der Waals surface area contributed by atoms with Gasteiger partial charge in [0.1, 0.15) is 6.61 Å². The van der Waals surface area contributed by atoms with Gasteiger partial charge in [0.2, 0.25) is 0 Å². The summed E-state index contributed by atoms with van der Waals surface area (Å²) in [5, 5.41) is 11.6. The van der Waals surface area contributed by atoms with Gasteiger partial charge in [0, 0.05) is 0 Å². The molecule has 0 heterocycles. The molecule has 0 radical (unpaired) electrons. The number of carboxylic acid groups (broad SMARTS) is 1. The number of alkyl carbamates (subject to hydrolysis) is 1. The Hall–Kier alpha value is -2.86. The molecule has 1 aliphatic carbocycles. The van der Waals surface area contributed by atoms with Gasteiger partial charge in [0.05, 0.1) is 12.2 Å². The van der Waals surface area contributed by atoms with Crippen molar-refractivity contribution in [2.45, 2.75) is 45.4 Å². The normalized spacial score (nSPS) is 13.4. The maximum atomic E-state index is 12.1. The fourth-order valence-corrected chi connectivity index (χ4v) is 3.19. The van der Waals surface area contributed by atoms with Crippen molar-refractivity contribution in [2.24, 2.45) is 0 Å². The lowest BCUT2D eigenvalue weighted by molar-refractivity contribution is -0.142. The average Bonchev–Trinajstić information content (AvgIpc) is 3.01. The topological polar surface area (TPSA) is 84.9 Å². The van der Waals surface area contributed by atoms with Crippen LogP contribution in [-0.4, -0.2) is 35.4 Å². The second kappa shape index (κ2) is 8.02. The SMILES string of the molecule is CC(C)(C)OCC(NC(=O)OCc1cccc2c1Cc1ccccc1-2)C(=O)O. The lowest BCUT2D eigenvalue weighted by atomic mass is 10.0. The van der Waals surface area contributed by atoms with Gasteiger partial charge in [0.15, 0.2) is 6.04 Å². The van der Waals surface area contributed by atoms with Gasteiger partial charge in [-0.05, 0) is 55.0 Å². The van der Waals surface area contributed by atoms with E-state index >= 15 is 0 Å². The monoisotopic (exact) mass is 383 g/mol. The zero-order valence-corrected chi connectivity index (χ0v) is 16.3. The number of fused-ring (bicyclic) bond motifs is 3. The summed E-state index contributed by atoms with van der Waals surface area (Å²) >= 11 is 0. The van der Waals surface area contributed by atoms with E-state index in [4.69, 9.17) is 9.47 Å². The van der Waals surface area contributed by atoms with E-state index in [1.54, 1.807) is 0 Å². The van der Waals surface area contributed by atoms with Gasteiger partial charge < -0.3 is 19.9 Å². The number of ether oxygens (including phenoxy) is 2. The third-order valence-corrected chi connectivity index (χ3v) is 4.58. The maximum absolute atomic E-state index is 12.1. The van der Waals surface area contributed by atoms with Gasteiger partial charge >= 0.3 is 12.1 Å². The minimum Gasteiger partial charge on any atom is -0.480 e. The van der Waals surface area contributed by atoms with Gasteiger partial charge in [-0.25, -0.2) is 9.59 Å². The molecule has 0 aliphatic heterocycles. The Balaban J connectivity index is 1.62. The van der Waals surface area contributed by atoms with E-state index in [0.717, 1.165) is 23.1 Å². The quantitative estimate of drug-likeness (QED) is 0.677. The lowest BCUT2D eigenvalue weighted by Crippen LogP contribution is -2.45. The molecule has 2 N–H and O–H groups in total. The fraction of sp³-hybridized carbons (Fsp3) is 0.364. The summed E-state index contributed by atoms with van der Waals surface area (Å²) in [5.74, 6) is -1.17. The molecule has 2 aromatic carbocycles. The number of carboxylic acids is 1. The largest absolute Gasteiger partial charge is 0.480 e. The zero-order chi connectivity index (χ0) is 20.3. The van der Waals surface area contributed by atoms with Crippen LogP contribution >= 0.6 is 0 Å². The summed E-state index contributed by atoms with van der Waals surface area (Å²) in [5.41, 5.74) is 5.16. The Bertz CT molecular complexity index is 885. The summed E-state index contributed by atoms with van der Waals surface area (Å²) < 4.78 is 10.8. The highest BCUT2D eigenvalue weighted by Crippen LogP contribution is 2.38. The van der Waals surface area contributed by atoms with E-state index in [1.807, 2.05) is 45.0 Å². The van der Waals surface area contributed by atoms with Crippen LogP contribution in [0, 0.1) is 0 Å². The van der Waals surface area contributed by atoms with Gasteiger partial charge in [-0.3, -0.25) is 0 Å². The number of aliphatic carboxylic acids is 1. The van der Waals surface area contributed by atoms with Crippen molar-refractivity contribution in [1.29, 1.82) is 0 Å². The summed E-state index contributed by atoms with van der Waals surface area (Å²) in [4.78, 5) is 23.5. The van der Waals surface area contributed by atoms with E-state index in [9.17, 15) is 14.7 Å². The highest BCUT2D eigenvalue weighted by atomic mass is 16.6. The fourth-order valence-electron chi connectivity index (χ4n) is 3.19. The van der Waals surface area contributed by atoms with Crippen LogP contribution in [0.4, 0.5) is 4.79 Å². The van der Waals surface area contributed by atoms with Crippen LogP contribution in [-0.2, 0) is 27.3 Å². The molecule has 3 rings (SSSR count). The van der Waals surface area contributed by atoms with Gasteiger partial charge in [-0.2, -0.15) is 0 Å². The first-order valence-corrected chi connectivity index (χ1v) is 9.24. The van der Waals surface area contributed by atoms with E-state index in [1.165, 1.54) is 11.1 Å². The molecular weight excluding hydrogens is 358 g/mol. The standard InChI is InChI=1S/C22H25NO5/c1-22(2,3)28-13-19(20(24)25)23-21(26)27-12-15-8-6-10-17-16-9-5-4-7-14(16)11-18(15)17/h4-10,19H,11-13H2,1-3H3,(H,23,26)(H,24,25). The molecule has 0 fully saturated rings. The van der Waals surface area contributed by atoms with E-state index < -0.39 is 23.7 Å². The first-order valence-electron chi connectivity index (χ1n) is 9.24. The number of carbonyl (C=O) groups is 2. The predicted octanol–water partition coefficient (Wildman–Crippen LogP) is 3.75. The molecule has 0 saturated heterocycles. The van der Waals surface area contributed by atoms with E-state index in [-0.39, 0.29) is 13.2 Å². The molecule has 28 heavy (non-hydrogen) atoms. The van der Waals surface area contributed by atoms with Crippen molar-refractivity contribution in [1.82, 2.24) is 5.32 Å². The van der Waals surface area contributed by atoms with Crippen LogP contribution in [0.1, 0.15) is 37.5 Å². The van der Waals surface area contributed by atoms with Crippen molar-refractivity contribution in [3.05, 3.63) is 59.2 Å². The van der Waals surface area contributed by atoms with Crippen molar-refractivity contribution >= 4 is 12.1 Å². The van der Waals surface area contributed by atoms with Crippen LogP contribution in [0.5, 0.6) is 0 Å². The summed E-state index contributed by atoms with van der Waals surface area (Å²) in [7, 11) is 0. The van der Waals surface area contributed by atoms with Crippen LogP contribution in [0.15, 0.2) is 42.5 Å². The Labute approximate surface area is 164 Å². The molecule has 6 nitrogen and oxygen atoms in total. The van der Waals surface area contributed by atoms with E-state index in [0.29, 0.717) is 0 Å². The summed E-state index contributed by atoms with van der Waals surface area (Å²) in [6.07, 6.45) is 0.0159. The Morgan fingerprint density at radius 2 is 1.82 bits per heavy atom. The number of hydrogen-bond acceptors (Lipinski definition) is 4. The minimum absolute atomic E-state index is 0.0788. The number of rotatable bonds is 6. The first-order chi connectivity index (χ1) is 13.2. The molecular formula is C22H25NO5. The molecule has 1 unspecified atom stereocenters. The molecule has 1 aliphatic rings. The molecule has 0 bridgehead atoms. The number of carbonyl (C=O) groups excluding carboxylic acids is 1. The summed E-state index contributed by atoms with van der Waals surface area (Å²) in [6, 6.07) is 13.0. The Kier molecular flexibility index (Phi) is 5.70. The smallest absolute Gasteiger partial charge is 0.408 e. The van der Waals surface area contributed by atoms with Crippen molar-refractivity contribution in [3.63, 3.8) is 0 Å². The molecule has 1 atom stereocenters. The van der Waals surface area contributed by atoms with Crippen LogP contribution in [0.25, 0.3) is 11.1 Å². The first kappa shape index (κ1) is 19.9. The molecule has 1 amide bonds. The van der Waals surface area contributed by atoms with E-state index in [2.05, 4.69) is 23.5 Å². The molecule has 0 aromatic heterocycles. The van der Waals surface area contributed by atoms with Gasteiger partial charge in [-0.15, -0.1) is 0 Å². The van der Waals surface area contributed by atoms with Crippen LogP contribution in [0.3, 0.4) is 0 Å². The highest BCUT2D eigenvalue weighted by Gasteiger charge is 2.25. The van der Waals surface area contributed by atoms with Crippen LogP contribution in [0.2, 0.25) is 0 Å². The molecule has 0 spiro atoms. The predicted molar refractivity (Wildman–Crippen MR) is 105 cm³/mol. The third-order valence-electron chi connectivity index (χ3n) is 4.58. The summed E-state index contributed by atoms with van der Waals surface area (Å²) in [6.45, 7) is 5.40. The number of amides is 1. The Morgan fingerprint density at radius 1 is 1.11 bits per heavy atom. The van der Waals surface area contributed by atoms with Gasteiger partial charge in [-0.1, -0.05) is 42.5 Å². The van der Waals surface area contributed by atoms with Crippen LogP contribution < -0.4 is 5.32 Å². The van der Waals surface area contributed by atoms with Crippen molar-refractivity contribution in [3.8, 4) is 11.1 Å². The molecule has 0 saturated carbocycles. The van der Waals surface area contributed by atoms with Crippen molar-refractivity contribution in [2.75, 3.05) is 6.61 Å². The molecule has 6 heteroatoms. The molecule has 148 valence electrons. The third kappa shape index (κ3) is 4.70.